The maximum absolute atomic E-state index is 12.3. The molecule has 0 radical (unpaired) electrons. The van der Waals surface area contributed by atoms with Crippen LogP contribution in [0.25, 0.3) is 5.52 Å². The number of nitrogens with zero attached hydrogens (tertiary/aromatic N) is 4. The van der Waals surface area contributed by atoms with Crippen LogP contribution < -0.4 is 5.32 Å². The van der Waals surface area contributed by atoms with Crippen molar-refractivity contribution in [1.29, 1.82) is 0 Å². The Bertz CT molecular complexity index is 1050. The summed E-state index contributed by atoms with van der Waals surface area (Å²) in [6, 6.07) is 5.71. The lowest BCUT2D eigenvalue weighted by Gasteiger charge is -2.37. The molecule has 0 atom stereocenters. The Labute approximate surface area is 180 Å². The minimum Gasteiger partial charge on any atom is -0.506 e. The molecule has 30 heavy (non-hydrogen) atoms. The molecule has 3 heterocycles. The highest BCUT2D eigenvalue weighted by molar-refractivity contribution is 6.52. The summed E-state index contributed by atoms with van der Waals surface area (Å²) < 4.78 is 2.88. The number of hydrogen-bond acceptors (Lipinski definition) is 5. The number of aromatic nitrogens is 2. The van der Waals surface area contributed by atoms with Crippen LogP contribution in [0.2, 0.25) is 0 Å². The Kier molecular flexibility index (Phi) is 5.92. The van der Waals surface area contributed by atoms with Gasteiger partial charge in [-0.2, -0.15) is 0 Å². The van der Waals surface area contributed by atoms with Gasteiger partial charge >= 0.3 is 0 Å². The number of anilines is 1. The van der Waals surface area contributed by atoms with Gasteiger partial charge in [-0.1, -0.05) is 17.7 Å². The number of halogens is 1. The zero-order valence-corrected chi connectivity index (χ0v) is 17.9. The molecule has 8 heteroatoms. The van der Waals surface area contributed by atoms with E-state index in [9.17, 15) is 9.90 Å². The third-order valence-corrected chi connectivity index (χ3v) is 6.14. The fourth-order valence-corrected chi connectivity index (χ4v) is 4.28. The highest BCUT2D eigenvalue weighted by Crippen LogP contribution is 2.31. The van der Waals surface area contributed by atoms with Crippen molar-refractivity contribution in [2.45, 2.75) is 25.7 Å². The second-order valence-corrected chi connectivity index (χ2v) is 8.65. The van der Waals surface area contributed by atoms with E-state index >= 15 is 0 Å². The maximum atomic E-state index is 12.3. The van der Waals surface area contributed by atoms with Crippen LogP contribution in [0, 0.1) is 0 Å². The molecule has 2 aromatic heterocycles. The maximum Gasteiger partial charge on any atom is 0.207 e. The van der Waals surface area contributed by atoms with Gasteiger partial charge in [0.2, 0.25) is 5.78 Å². The molecule has 2 aliphatic rings. The van der Waals surface area contributed by atoms with Crippen LogP contribution >= 0.6 is 11.6 Å². The van der Waals surface area contributed by atoms with Gasteiger partial charge in [-0.25, -0.2) is 9.51 Å². The van der Waals surface area contributed by atoms with Crippen LogP contribution in [-0.4, -0.2) is 63.9 Å². The van der Waals surface area contributed by atoms with Gasteiger partial charge < -0.3 is 14.9 Å². The van der Waals surface area contributed by atoms with Gasteiger partial charge in [0.1, 0.15) is 17.2 Å². The Hall–Kier alpha value is -2.64. The van der Waals surface area contributed by atoms with Crippen molar-refractivity contribution in [2.75, 3.05) is 38.5 Å². The highest BCUT2D eigenvalue weighted by atomic mass is 35.5. The zero-order chi connectivity index (χ0) is 21.1. The van der Waals surface area contributed by atoms with Crippen molar-refractivity contribution in [2.24, 2.45) is 4.99 Å². The Balaban J connectivity index is 1.54. The summed E-state index contributed by atoms with van der Waals surface area (Å²) in [5.74, 6) is -0.0000825. The molecule has 0 bridgehead atoms. The normalized spacial score (nSPS) is 20.3. The van der Waals surface area contributed by atoms with Gasteiger partial charge in [0.15, 0.2) is 5.82 Å². The number of aliphatic imine (C=N–C) groups is 1. The van der Waals surface area contributed by atoms with Gasteiger partial charge in [-0.05, 0) is 37.5 Å². The van der Waals surface area contributed by atoms with Crippen molar-refractivity contribution in [3.05, 3.63) is 47.3 Å². The molecule has 1 fully saturated rings. The number of nitrogens with one attached hydrogen (secondary N) is 1. The number of carbonyl (C=O) groups excluding carboxylic acids is 1. The number of hydrogen-bond donors (Lipinski definition) is 2. The van der Waals surface area contributed by atoms with E-state index in [0.717, 1.165) is 35.6 Å². The molecule has 0 amide bonds. The average Bonchev–Trinajstić information content (AvgIpc) is 3.07. The molecule has 7 nitrogen and oxygen atoms in total. The molecule has 0 spiro atoms. The number of fused-ring (bicyclic) bond motifs is 1. The van der Waals surface area contributed by atoms with Crippen LogP contribution in [0.3, 0.4) is 0 Å². The molecule has 1 saturated heterocycles. The van der Waals surface area contributed by atoms with E-state index < -0.39 is 0 Å². The minimum absolute atomic E-state index is 0.0952. The molecular formula is C22H27ClN5O2+. The quantitative estimate of drug-likeness (QED) is 0.414. The van der Waals surface area contributed by atoms with Gasteiger partial charge in [-0.15, -0.1) is 5.10 Å². The third-order valence-electron chi connectivity index (χ3n) is 5.84. The minimum atomic E-state index is -0.388. The summed E-state index contributed by atoms with van der Waals surface area (Å²) >= 11 is 5.99. The first-order valence-corrected chi connectivity index (χ1v) is 10.8. The number of carbonyl (C=O) groups is 1. The van der Waals surface area contributed by atoms with E-state index in [1.54, 1.807) is 4.52 Å². The van der Waals surface area contributed by atoms with Crippen molar-refractivity contribution >= 4 is 40.1 Å². The van der Waals surface area contributed by atoms with E-state index in [-0.39, 0.29) is 22.3 Å². The van der Waals surface area contributed by atoms with Gasteiger partial charge in [0, 0.05) is 25.2 Å². The summed E-state index contributed by atoms with van der Waals surface area (Å²) in [6.45, 7) is 4.41. The third kappa shape index (κ3) is 4.42. The number of allylic oxidation sites excluding steroid dienone is 3. The fourth-order valence-electron chi connectivity index (χ4n) is 4.12. The van der Waals surface area contributed by atoms with Crippen LogP contribution in [-0.2, 0) is 4.79 Å². The molecule has 0 saturated carbocycles. The van der Waals surface area contributed by atoms with Gasteiger partial charge in [-0.3, -0.25) is 4.79 Å². The Morgan fingerprint density at radius 3 is 2.87 bits per heavy atom. The fraction of sp³-hybridized carbons (Fsp3) is 0.409. The first-order chi connectivity index (χ1) is 14.5. The molecule has 2 N–H and O–H groups in total. The molecule has 1 aliphatic heterocycles. The number of ketones is 1. The molecule has 0 unspecified atom stereocenters. The second-order valence-electron chi connectivity index (χ2n) is 8.24. The van der Waals surface area contributed by atoms with Crippen molar-refractivity contribution < 1.29 is 14.4 Å². The van der Waals surface area contributed by atoms with Crippen molar-refractivity contribution in [3.63, 3.8) is 0 Å². The average molecular weight is 429 g/mol. The Morgan fingerprint density at radius 1 is 1.27 bits per heavy atom. The van der Waals surface area contributed by atoms with E-state index in [2.05, 4.69) is 22.5 Å². The molecule has 4 rings (SSSR count). The first kappa shape index (κ1) is 20.6. The number of rotatable bonds is 6. The van der Waals surface area contributed by atoms with E-state index in [1.807, 2.05) is 24.4 Å². The van der Waals surface area contributed by atoms with Crippen LogP contribution in [0.1, 0.15) is 25.7 Å². The summed E-state index contributed by atoms with van der Waals surface area (Å²) in [7, 11) is 2.34. The molecule has 158 valence electrons. The van der Waals surface area contributed by atoms with E-state index in [4.69, 9.17) is 11.6 Å². The Morgan fingerprint density at radius 2 is 2.07 bits per heavy atom. The number of aliphatic hydroxyl groups is 1. The molecular weight excluding hydrogens is 402 g/mol. The second kappa shape index (κ2) is 8.62. The number of aliphatic hydroxyl groups excluding tert-OH is 1. The van der Waals surface area contributed by atoms with Crippen LogP contribution in [0.15, 0.2) is 52.3 Å². The topological polar surface area (TPSA) is 79.0 Å². The van der Waals surface area contributed by atoms with Crippen molar-refractivity contribution in [1.82, 2.24) is 9.61 Å². The standard InChI is InChI=1S/C22H26ClN5O2/c1-28(11-5-2-6-12-28)13-7-9-24-22-21(18-8-3-4-10-27(18)26-22)25-17-14-16(23)19(29)15-20(17)30/h3-4,8,10,14-15H,2,5-7,9,11-13H2,1H3,(H-,24,26,29,30)/p+1. The smallest absolute Gasteiger partial charge is 0.207 e. The lowest BCUT2D eigenvalue weighted by molar-refractivity contribution is -0.914. The summed E-state index contributed by atoms with van der Waals surface area (Å²) in [5.41, 5.74) is 1.55. The predicted octanol–water partition coefficient (Wildman–Crippen LogP) is 3.99. The summed E-state index contributed by atoms with van der Waals surface area (Å²) in [6.07, 6.45) is 9.32. The summed E-state index contributed by atoms with van der Waals surface area (Å²) in [4.78, 5) is 16.8. The first-order valence-electron chi connectivity index (χ1n) is 10.4. The molecule has 1 aliphatic carbocycles. The number of pyridine rings is 1. The number of likely N-dealkylation sites (tertiary alicyclic amines) is 1. The van der Waals surface area contributed by atoms with E-state index in [0.29, 0.717) is 11.5 Å². The zero-order valence-electron chi connectivity index (χ0n) is 17.1. The van der Waals surface area contributed by atoms with Crippen molar-refractivity contribution in [3.8, 4) is 0 Å². The lowest BCUT2D eigenvalue weighted by atomic mass is 10.1. The van der Waals surface area contributed by atoms with Crippen LogP contribution in [0.5, 0.6) is 0 Å². The predicted molar refractivity (Wildman–Crippen MR) is 120 cm³/mol. The largest absolute Gasteiger partial charge is 0.506 e. The number of quaternary nitrogens is 1. The van der Waals surface area contributed by atoms with Gasteiger partial charge in [0.25, 0.3) is 0 Å². The van der Waals surface area contributed by atoms with Crippen LogP contribution in [0.4, 0.5) is 11.5 Å². The molecule has 0 aromatic carbocycles. The monoisotopic (exact) mass is 428 g/mol. The molecule has 2 aromatic rings. The SMILES string of the molecule is C[N+]1(CCCNc2nn3ccccc3c2N=C2C=C(Cl)C(O)=CC2=O)CCCCC1. The lowest BCUT2D eigenvalue weighted by Crippen LogP contribution is -2.48. The summed E-state index contributed by atoms with van der Waals surface area (Å²) in [5, 5.41) is 17.7. The highest BCUT2D eigenvalue weighted by Gasteiger charge is 2.24. The number of piperidine rings is 1. The van der Waals surface area contributed by atoms with Gasteiger partial charge in [0.05, 0.1) is 37.2 Å². The van der Waals surface area contributed by atoms with E-state index in [1.165, 1.54) is 38.4 Å².